The van der Waals surface area contributed by atoms with Gasteiger partial charge in [-0.2, -0.15) is 0 Å². The number of benzene rings is 1. The fraction of sp³-hybridized carbons (Fsp3) is 0.462. The number of carbonyl (C=O) groups excluding carboxylic acids is 1. The fourth-order valence-corrected chi connectivity index (χ4v) is 1.48. The summed E-state index contributed by atoms with van der Waals surface area (Å²) in [5.41, 5.74) is 0.334. The van der Waals surface area contributed by atoms with Crippen LogP contribution >= 0.6 is 0 Å². The van der Waals surface area contributed by atoms with Gasteiger partial charge < -0.3 is 10.4 Å². The Hall–Kier alpha value is -1.42. The maximum absolute atomic E-state index is 12.9. The molecule has 0 aromatic heterocycles. The fourth-order valence-electron chi connectivity index (χ4n) is 1.48. The number of carbonyl (C=O) groups is 1. The number of hydrogen-bond donors (Lipinski definition) is 2. The highest BCUT2D eigenvalue weighted by atomic mass is 19.1. The predicted molar refractivity (Wildman–Crippen MR) is 64.2 cm³/mol. The Kier molecular flexibility index (Phi) is 5.63. The van der Waals surface area contributed by atoms with Gasteiger partial charge in [0.2, 0.25) is 0 Å². The molecule has 0 aliphatic carbocycles. The maximum atomic E-state index is 12.9. The summed E-state index contributed by atoms with van der Waals surface area (Å²) in [6.07, 6.45) is 1.67. The Morgan fingerprint density at radius 1 is 1.53 bits per heavy atom. The van der Waals surface area contributed by atoms with Crippen LogP contribution in [0.2, 0.25) is 0 Å². The average Bonchev–Trinajstić information content (AvgIpc) is 2.34. The van der Waals surface area contributed by atoms with Gasteiger partial charge in [0, 0.05) is 18.7 Å². The number of rotatable bonds is 6. The third kappa shape index (κ3) is 4.95. The van der Waals surface area contributed by atoms with Crippen molar-refractivity contribution >= 4 is 5.91 Å². The van der Waals surface area contributed by atoms with E-state index in [9.17, 15) is 9.18 Å². The zero-order valence-corrected chi connectivity index (χ0v) is 9.95. The van der Waals surface area contributed by atoms with Crippen molar-refractivity contribution < 1.29 is 14.3 Å². The molecule has 1 atom stereocenters. The van der Waals surface area contributed by atoms with Crippen molar-refractivity contribution in [2.75, 3.05) is 13.2 Å². The molecule has 0 radical (unpaired) electrons. The van der Waals surface area contributed by atoms with Gasteiger partial charge in [-0.25, -0.2) is 4.39 Å². The van der Waals surface area contributed by atoms with Gasteiger partial charge in [0.1, 0.15) is 5.82 Å². The van der Waals surface area contributed by atoms with Crippen molar-refractivity contribution in [1.29, 1.82) is 0 Å². The maximum Gasteiger partial charge on any atom is 0.251 e. The lowest BCUT2D eigenvalue weighted by atomic mass is 10.1. The summed E-state index contributed by atoms with van der Waals surface area (Å²) >= 11 is 0. The molecule has 1 unspecified atom stereocenters. The van der Waals surface area contributed by atoms with Crippen LogP contribution in [0.15, 0.2) is 24.3 Å². The van der Waals surface area contributed by atoms with E-state index in [1.807, 2.05) is 6.92 Å². The molecule has 4 heteroatoms. The first-order valence-electron chi connectivity index (χ1n) is 5.78. The number of halogens is 1. The van der Waals surface area contributed by atoms with E-state index in [0.717, 1.165) is 12.8 Å². The quantitative estimate of drug-likeness (QED) is 0.746. The monoisotopic (exact) mass is 239 g/mol. The molecule has 3 nitrogen and oxygen atoms in total. The summed E-state index contributed by atoms with van der Waals surface area (Å²) in [5.74, 6) is -0.422. The molecule has 94 valence electrons. The molecule has 1 aromatic carbocycles. The molecule has 0 saturated heterocycles. The van der Waals surface area contributed by atoms with E-state index >= 15 is 0 Å². The van der Waals surface area contributed by atoms with E-state index in [1.54, 1.807) is 6.07 Å². The van der Waals surface area contributed by atoms with E-state index in [-0.39, 0.29) is 18.4 Å². The summed E-state index contributed by atoms with van der Waals surface area (Å²) in [7, 11) is 0. The van der Waals surface area contributed by atoms with Gasteiger partial charge >= 0.3 is 0 Å². The Labute approximate surface area is 101 Å². The Balaban J connectivity index is 2.30. The summed E-state index contributed by atoms with van der Waals surface area (Å²) in [6, 6.07) is 5.61. The van der Waals surface area contributed by atoms with Crippen LogP contribution in [0.3, 0.4) is 0 Å². The molecule has 17 heavy (non-hydrogen) atoms. The van der Waals surface area contributed by atoms with Crippen LogP contribution in [0.5, 0.6) is 0 Å². The van der Waals surface area contributed by atoms with Crippen molar-refractivity contribution in [1.82, 2.24) is 5.32 Å². The molecule has 1 aromatic rings. The van der Waals surface area contributed by atoms with Crippen molar-refractivity contribution in [2.45, 2.75) is 19.8 Å². The largest absolute Gasteiger partial charge is 0.396 e. The van der Waals surface area contributed by atoms with Crippen LogP contribution in [0.1, 0.15) is 30.1 Å². The molecule has 1 rings (SSSR count). The number of hydrogen-bond acceptors (Lipinski definition) is 2. The van der Waals surface area contributed by atoms with Crippen molar-refractivity contribution in [3.63, 3.8) is 0 Å². The first kappa shape index (κ1) is 13.6. The van der Waals surface area contributed by atoms with Gasteiger partial charge in [-0.1, -0.05) is 13.0 Å². The molecule has 0 spiro atoms. The predicted octanol–water partition coefficient (Wildman–Crippen LogP) is 1.96. The van der Waals surface area contributed by atoms with Gasteiger partial charge in [0.15, 0.2) is 0 Å². The molecule has 0 aliphatic rings. The van der Waals surface area contributed by atoms with Gasteiger partial charge in [-0.3, -0.25) is 4.79 Å². The lowest BCUT2D eigenvalue weighted by Crippen LogP contribution is -2.24. The smallest absolute Gasteiger partial charge is 0.251 e. The van der Waals surface area contributed by atoms with Crippen LogP contribution in [0.25, 0.3) is 0 Å². The lowest BCUT2D eigenvalue weighted by Gasteiger charge is -2.08. The lowest BCUT2D eigenvalue weighted by molar-refractivity contribution is 0.0951. The summed E-state index contributed by atoms with van der Waals surface area (Å²) in [5, 5.41) is 11.5. The molecule has 0 fully saturated rings. The van der Waals surface area contributed by atoms with Gasteiger partial charge in [-0.15, -0.1) is 0 Å². The molecule has 0 bridgehead atoms. The first-order chi connectivity index (χ1) is 8.13. The van der Waals surface area contributed by atoms with Gasteiger partial charge in [-0.05, 0) is 37.0 Å². The minimum Gasteiger partial charge on any atom is -0.396 e. The molecule has 0 heterocycles. The molecular formula is C13H18FNO2. The third-order valence-corrected chi connectivity index (χ3v) is 2.56. The minimum atomic E-state index is -0.411. The van der Waals surface area contributed by atoms with Crippen LogP contribution in [-0.4, -0.2) is 24.2 Å². The summed E-state index contributed by atoms with van der Waals surface area (Å²) in [4.78, 5) is 11.6. The van der Waals surface area contributed by atoms with Crippen molar-refractivity contribution in [3.8, 4) is 0 Å². The molecule has 1 amide bonds. The highest BCUT2D eigenvalue weighted by Gasteiger charge is 2.06. The zero-order chi connectivity index (χ0) is 12.7. The van der Waals surface area contributed by atoms with Crippen LogP contribution in [-0.2, 0) is 0 Å². The van der Waals surface area contributed by atoms with Gasteiger partial charge in [0.05, 0.1) is 0 Å². The van der Waals surface area contributed by atoms with E-state index in [0.29, 0.717) is 12.1 Å². The first-order valence-corrected chi connectivity index (χ1v) is 5.78. The van der Waals surface area contributed by atoms with Crippen molar-refractivity contribution in [2.24, 2.45) is 5.92 Å². The SMILES string of the molecule is CC(CO)CCCNC(=O)c1cccc(F)c1. The van der Waals surface area contributed by atoms with E-state index in [4.69, 9.17) is 5.11 Å². The molecule has 0 saturated carbocycles. The second-order valence-corrected chi connectivity index (χ2v) is 4.20. The Bertz CT molecular complexity index is 368. The van der Waals surface area contributed by atoms with Crippen LogP contribution < -0.4 is 5.32 Å². The number of aliphatic hydroxyl groups is 1. The Morgan fingerprint density at radius 2 is 2.29 bits per heavy atom. The number of amides is 1. The van der Waals surface area contributed by atoms with Crippen LogP contribution in [0.4, 0.5) is 4.39 Å². The molecular weight excluding hydrogens is 221 g/mol. The molecule has 0 aliphatic heterocycles. The normalized spacial score (nSPS) is 12.2. The number of aliphatic hydroxyl groups excluding tert-OH is 1. The van der Waals surface area contributed by atoms with Gasteiger partial charge in [0.25, 0.3) is 5.91 Å². The third-order valence-electron chi connectivity index (χ3n) is 2.56. The van der Waals surface area contributed by atoms with Crippen LogP contribution in [0, 0.1) is 11.7 Å². The summed E-state index contributed by atoms with van der Waals surface area (Å²) < 4.78 is 12.9. The second-order valence-electron chi connectivity index (χ2n) is 4.20. The topological polar surface area (TPSA) is 49.3 Å². The highest BCUT2D eigenvalue weighted by Crippen LogP contribution is 2.05. The highest BCUT2D eigenvalue weighted by molar-refractivity contribution is 5.94. The zero-order valence-electron chi connectivity index (χ0n) is 9.95. The minimum absolute atomic E-state index is 0.165. The van der Waals surface area contributed by atoms with E-state index in [1.165, 1.54) is 18.2 Å². The second kappa shape index (κ2) is 7.01. The van der Waals surface area contributed by atoms with E-state index in [2.05, 4.69) is 5.32 Å². The molecule has 2 N–H and O–H groups in total. The Morgan fingerprint density at radius 3 is 2.94 bits per heavy atom. The standard InChI is InChI=1S/C13H18FNO2/c1-10(9-16)4-3-7-15-13(17)11-5-2-6-12(14)8-11/h2,5-6,8,10,16H,3-4,7,9H2,1H3,(H,15,17). The number of nitrogens with one attached hydrogen (secondary N) is 1. The van der Waals surface area contributed by atoms with E-state index < -0.39 is 5.82 Å². The van der Waals surface area contributed by atoms with Crippen molar-refractivity contribution in [3.05, 3.63) is 35.6 Å². The summed E-state index contributed by atoms with van der Waals surface area (Å²) in [6.45, 7) is 2.66. The average molecular weight is 239 g/mol.